The fraction of sp³-hybridized carbons (Fsp3) is 0.500. The Morgan fingerprint density at radius 1 is 1.23 bits per heavy atom. The predicted molar refractivity (Wildman–Crippen MR) is 81.9 cm³/mol. The zero-order valence-electron chi connectivity index (χ0n) is 13.2. The van der Waals surface area contributed by atoms with Crippen LogP contribution >= 0.6 is 0 Å². The van der Waals surface area contributed by atoms with Gasteiger partial charge in [0, 0.05) is 18.7 Å². The summed E-state index contributed by atoms with van der Waals surface area (Å²) in [5.41, 5.74) is 0.429. The minimum atomic E-state index is -0.401. The lowest BCUT2D eigenvalue weighted by molar-refractivity contribution is -0.125. The molecular weight excluding hydrogens is 284 g/mol. The van der Waals surface area contributed by atoms with E-state index < -0.39 is 5.91 Å². The van der Waals surface area contributed by atoms with Crippen molar-refractivity contribution < 1.29 is 19.1 Å². The maximum atomic E-state index is 12.0. The number of rotatable bonds is 4. The van der Waals surface area contributed by atoms with Crippen molar-refractivity contribution in [2.75, 3.05) is 26.7 Å². The number of amides is 2. The fourth-order valence-electron chi connectivity index (χ4n) is 2.60. The lowest BCUT2D eigenvalue weighted by atomic mass is 10.2. The van der Waals surface area contributed by atoms with Gasteiger partial charge in [-0.15, -0.1) is 0 Å². The molecule has 6 heteroatoms. The van der Waals surface area contributed by atoms with E-state index in [9.17, 15) is 9.59 Å². The summed E-state index contributed by atoms with van der Waals surface area (Å²) in [6.45, 7) is 5.52. The summed E-state index contributed by atoms with van der Waals surface area (Å²) < 4.78 is 10.7. The Hall–Kier alpha value is -1.92. The number of carbonyl (C=O) groups is 2. The van der Waals surface area contributed by atoms with Gasteiger partial charge in [-0.25, -0.2) is 0 Å². The molecule has 2 atom stereocenters. The van der Waals surface area contributed by atoms with Crippen LogP contribution in [0.2, 0.25) is 0 Å². The van der Waals surface area contributed by atoms with E-state index in [0.717, 1.165) is 0 Å². The second-order valence-electron chi connectivity index (χ2n) is 5.56. The lowest BCUT2D eigenvalue weighted by Crippen LogP contribution is -2.49. The minimum Gasteiger partial charge on any atom is -0.497 e. The van der Waals surface area contributed by atoms with Crippen LogP contribution in [-0.4, -0.2) is 55.7 Å². The number of carbonyl (C=O) groups excluding carboxylic acids is 2. The second-order valence-corrected chi connectivity index (χ2v) is 5.56. The molecule has 0 unspecified atom stereocenters. The molecule has 0 spiro atoms. The monoisotopic (exact) mass is 306 g/mol. The molecule has 6 nitrogen and oxygen atoms in total. The largest absolute Gasteiger partial charge is 0.497 e. The topological polar surface area (TPSA) is 67.9 Å². The van der Waals surface area contributed by atoms with Gasteiger partial charge < -0.3 is 9.47 Å². The highest BCUT2D eigenvalue weighted by Gasteiger charge is 2.24. The van der Waals surface area contributed by atoms with Gasteiger partial charge in [0.25, 0.3) is 5.91 Å². The first kappa shape index (κ1) is 16.5. The molecule has 1 aliphatic rings. The summed E-state index contributed by atoms with van der Waals surface area (Å²) in [4.78, 5) is 26.0. The first-order valence-electron chi connectivity index (χ1n) is 7.34. The van der Waals surface area contributed by atoms with Crippen molar-refractivity contribution in [3.8, 4) is 5.75 Å². The maximum Gasteiger partial charge on any atom is 0.257 e. The summed E-state index contributed by atoms with van der Waals surface area (Å²) in [6.07, 6.45) is 0.183. The van der Waals surface area contributed by atoms with Crippen molar-refractivity contribution in [1.29, 1.82) is 0 Å². The quantitative estimate of drug-likeness (QED) is 0.901. The molecule has 0 bridgehead atoms. The molecule has 1 fully saturated rings. The molecule has 1 saturated heterocycles. The van der Waals surface area contributed by atoms with Crippen LogP contribution in [0, 0.1) is 0 Å². The van der Waals surface area contributed by atoms with Crippen molar-refractivity contribution in [2.24, 2.45) is 0 Å². The van der Waals surface area contributed by atoms with Crippen LogP contribution < -0.4 is 10.1 Å². The van der Waals surface area contributed by atoms with Gasteiger partial charge in [0.2, 0.25) is 5.91 Å². The molecule has 0 radical (unpaired) electrons. The molecule has 2 rings (SSSR count). The Balaban J connectivity index is 1.86. The summed E-state index contributed by atoms with van der Waals surface area (Å²) in [5.74, 6) is -0.0386. The molecular formula is C16H22N2O4. The van der Waals surface area contributed by atoms with Crippen LogP contribution in [0.15, 0.2) is 24.3 Å². The zero-order valence-corrected chi connectivity index (χ0v) is 13.2. The van der Waals surface area contributed by atoms with Crippen molar-refractivity contribution in [1.82, 2.24) is 10.2 Å². The van der Waals surface area contributed by atoms with Gasteiger partial charge in [0.05, 0.1) is 25.9 Å². The number of nitrogens with zero attached hydrogens (tertiary/aromatic N) is 1. The molecule has 22 heavy (non-hydrogen) atoms. The van der Waals surface area contributed by atoms with Crippen LogP contribution in [0.1, 0.15) is 24.2 Å². The molecule has 120 valence electrons. The second kappa shape index (κ2) is 7.38. The van der Waals surface area contributed by atoms with Crippen molar-refractivity contribution in [2.45, 2.75) is 26.1 Å². The number of hydrogen-bond acceptors (Lipinski definition) is 5. The van der Waals surface area contributed by atoms with Crippen molar-refractivity contribution >= 4 is 11.8 Å². The number of methoxy groups -OCH3 is 1. The Bertz CT molecular complexity index is 519. The van der Waals surface area contributed by atoms with Gasteiger partial charge in [-0.2, -0.15) is 0 Å². The van der Waals surface area contributed by atoms with Crippen LogP contribution in [0.3, 0.4) is 0 Å². The van der Waals surface area contributed by atoms with Crippen LogP contribution in [0.4, 0.5) is 0 Å². The zero-order chi connectivity index (χ0) is 16.1. The summed E-state index contributed by atoms with van der Waals surface area (Å²) in [6, 6.07) is 6.62. The van der Waals surface area contributed by atoms with Crippen LogP contribution in [0.25, 0.3) is 0 Å². The van der Waals surface area contributed by atoms with Crippen LogP contribution in [-0.2, 0) is 9.53 Å². The third-order valence-electron chi connectivity index (χ3n) is 3.47. The van der Waals surface area contributed by atoms with E-state index in [0.29, 0.717) is 24.4 Å². The van der Waals surface area contributed by atoms with E-state index in [1.165, 1.54) is 0 Å². The third-order valence-corrected chi connectivity index (χ3v) is 3.47. The molecule has 1 aromatic rings. The number of ether oxygens (including phenoxy) is 2. The lowest BCUT2D eigenvalue weighted by Gasteiger charge is -2.34. The van der Waals surface area contributed by atoms with Crippen molar-refractivity contribution in [3.05, 3.63) is 29.8 Å². The van der Waals surface area contributed by atoms with E-state index in [-0.39, 0.29) is 24.7 Å². The van der Waals surface area contributed by atoms with Gasteiger partial charge in [0.15, 0.2) is 0 Å². The summed E-state index contributed by atoms with van der Waals surface area (Å²) >= 11 is 0. The molecule has 1 aliphatic heterocycles. The number of benzene rings is 1. The van der Waals surface area contributed by atoms with E-state index in [1.54, 1.807) is 31.4 Å². The highest BCUT2D eigenvalue weighted by molar-refractivity contribution is 6.05. The minimum absolute atomic E-state index is 0.0915. The molecule has 2 amide bonds. The van der Waals surface area contributed by atoms with Gasteiger partial charge in [-0.3, -0.25) is 19.8 Å². The average Bonchev–Trinajstić information content (AvgIpc) is 2.46. The van der Waals surface area contributed by atoms with Gasteiger partial charge in [-0.05, 0) is 38.1 Å². The first-order chi connectivity index (χ1) is 10.5. The highest BCUT2D eigenvalue weighted by atomic mass is 16.5. The number of hydrogen-bond donors (Lipinski definition) is 1. The molecule has 0 aromatic heterocycles. The smallest absolute Gasteiger partial charge is 0.257 e. The number of imide groups is 1. The average molecular weight is 306 g/mol. The predicted octanol–water partition coefficient (Wildman–Crippen LogP) is 1.06. The molecule has 1 heterocycles. The van der Waals surface area contributed by atoms with Gasteiger partial charge >= 0.3 is 0 Å². The van der Waals surface area contributed by atoms with E-state index in [4.69, 9.17) is 9.47 Å². The van der Waals surface area contributed by atoms with E-state index >= 15 is 0 Å². The standard InChI is InChI=1S/C16H22N2O4/c1-11-8-18(9-12(2)22-11)10-15(19)17-16(20)13-4-6-14(21-3)7-5-13/h4-7,11-12H,8-10H2,1-3H3,(H,17,19,20)/t11-,12-/m0/s1. The van der Waals surface area contributed by atoms with Crippen LogP contribution in [0.5, 0.6) is 5.75 Å². The van der Waals surface area contributed by atoms with E-state index in [1.807, 2.05) is 18.7 Å². The summed E-state index contributed by atoms with van der Waals surface area (Å²) in [5, 5.41) is 2.41. The number of nitrogens with one attached hydrogen (secondary N) is 1. The van der Waals surface area contributed by atoms with E-state index in [2.05, 4.69) is 5.32 Å². The summed E-state index contributed by atoms with van der Waals surface area (Å²) in [7, 11) is 1.56. The third kappa shape index (κ3) is 4.54. The van der Waals surface area contributed by atoms with Gasteiger partial charge in [0.1, 0.15) is 5.75 Å². The normalized spacial score (nSPS) is 22.1. The SMILES string of the molecule is COc1ccc(C(=O)NC(=O)CN2C[C@H](C)O[C@@H](C)C2)cc1. The Morgan fingerprint density at radius 2 is 1.82 bits per heavy atom. The molecule has 0 aliphatic carbocycles. The Labute approximate surface area is 130 Å². The molecule has 1 aromatic carbocycles. The van der Waals surface area contributed by atoms with Crippen molar-refractivity contribution in [3.63, 3.8) is 0 Å². The molecule has 0 saturated carbocycles. The molecule has 1 N–H and O–H groups in total. The Morgan fingerprint density at radius 3 is 2.36 bits per heavy atom. The Kier molecular flexibility index (Phi) is 5.51. The maximum absolute atomic E-state index is 12.0. The van der Waals surface area contributed by atoms with Gasteiger partial charge in [-0.1, -0.05) is 0 Å². The first-order valence-corrected chi connectivity index (χ1v) is 7.34. The number of morpholine rings is 1. The fourth-order valence-corrected chi connectivity index (χ4v) is 2.60. The highest BCUT2D eigenvalue weighted by Crippen LogP contribution is 2.12.